The molecule has 0 N–H and O–H groups in total. The van der Waals surface area contributed by atoms with Crippen molar-refractivity contribution in [1.82, 2.24) is 4.98 Å². The van der Waals surface area contributed by atoms with E-state index < -0.39 is 0 Å². The molecule has 0 aliphatic carbocycles. The van der Waals surface area contributed by atoms with E-state index in [0.29, 0.717) is 0 Å². The maximum atomic E-state index is 6.04. The molecule has 2 nitrogen and oxygen atoms in total. The normalized spacial score (nSPS) is 10.5. The second-order valence-electron chi connectivity index (χ2n) is 3.74. The van der Waals surface area contributed by atoms with E-state index in [4.69, 9.17) is 11.6 Å². The highest BCUT2D eigenvalue weighted by molar-refractivity contribution is 9.08. The number of benzene rings is 1. The summed E-state index contributed by atoms with van der Waals surface area (Å²) in [6, 6.07) is 5.95. The summed E-state index contributed by atoms with van der Waals surface area (Å²) in [6.07, 6.45) is 0. The van der Waals surface area contributed by atoms with Gasteiger partial charge in [-0.2, -0.15) is 0 Å². The first-order chi connectivity index (χ1) is 8.20. The maximum Gasteiger partial charge on any atom is 0.0795 e. The Balaban J connectivity index is 2.23. The Morgan fingerprint density at radius 3 is 2.94 bits per heavy atom. The van der Waals surface area contributed by atoms with Crippen molar-refractivity contribution >= 4 is 44.6 Å². The molecule has 5 heteroatoms. The first-order valence-electron chi connectivity index (χ1n) is 5.13. The maximum absolute atomic E-state index is 6.04. The Hall–Kier alpha value is -0.580. The summed E-state index contributed by atoms with van der Waals surface area (Å²) in [4.78, 5) is 6.46. The van der Waals surface area contributed by atoms with Crippen molar-refractivity contribution in [2.75, 3.05) is 11.9 Å². The Kier molecular flexibility index (Phi) is 4.42. The van der Waals surface area contributed by atoms with Gasteiger partial charge in [0.25, 0.3) is 0 Å². The van der Waals surface area contributed by atoms with E-state index in [1.807, 2.05) is 23.7 Å². The lowest BCUT2D eigenvalue weighted by Crippen LogP contribution is -2.17. The second kappa shape index (κ2) is 5.85. The Morgan fingerprint density at radius 2 is 2.29 bits per heavy atom. The molecule has 0 aliphatic heterocycles. The minimum absolute atomic E-state index is 0.759. The molecule has 1 aromatic heterocycles. The predicted molar refractivity (Wildman–Crippen MR) is 78.3 cm³/mol. The molecular formula is C12H12BrClN2S. The molecule has 1 heterocycles. The Bertz CT molecular complexity index is 487. The number of alkyl halides is 1. The van der Waals surface area contributed by atoms with Crippen LogP contribution in [0.15, 0.2) is 29.1 Å². The molecule has 0 fully saturated rings. The predicted octanol–water partition coefficient (Wildman–Crippen LogP) is 4.33. The molecule has 0 spiro atoms. The average molecular weight is 332 g/mol. The molecule has 90 valence electrons. The molecule has 0 aliphatic rings. The van der Waals surface area contributed by atoms with Crippen LogP contribution in [0.3, 0.4) is 0 Å². The number of hydrogen-bond donors (Lipinski definition) is 0. The summed E-state index contributed by atoms with van der Waals surface area (Å²) in [5.41, 5.74) is 5.31. The summed E-state index contributed by atoms with van der Waals surface area (Å²) in [5, 5.41) is 3.64. The third-order valence-electron chi connectivity index (χ3n) is 2.49. The summed E-state index contributed by atoms with van der Waals surface area (Å²) in [6.45, 7) is 0.795. The fourth-order valence-corrected chi connectivity index (χ4v) is 2.84. The number of thiazole rings is 1. The lowest BCUT2D eigenvalue weighted by molar-refractivity contribution is 0.890. The van der Waals surface area contributed by atoms with Gasteiger partial charge < -0.3 is 4.90 Å². The average Bonchev–Trinajstić information content (AvgIpc) is 2.81. The molecule has 1 aromatic carbocycles. The van der Waals surface area contributed by atoms with Gasteiger partial charge in [-0.25, -0.2) is 4.98 Å². The summed E-state index contributed by atoms with van der Waals surface area (Å²) in [5.74, 6) is 0. The van der Waals surface area contributed by atoms with Crippen molar-refractivity contribution in [3.8, 4) is 0 Å². The zero-order chi connectivity index (χ0) is 12.3. The van der Waals surface area contributed by atoms with Crippen LogP contribution >= 0.6 is 38.9 Å². The smallest absolute Gasteiger partial charge is 0.0795 e. The molecule has 17 heavy (non-hydrogen) atoms. The lowest BCUT2D eigenvalue weighted by atomic mass is 10.2. The second-order valence-corrected chi connectivity index (χ2v) is 5.46. The van der Waals surface area contributed by atoms with Gasteiger partial charge in [0.05, 0.1) is 17.7 Å². The van der Waals surface area contributed by atoms with Gasteiger partial charge in [0.1, 0.15) is 0 Å². The van der Waals surface area contributed by atoms with Crippen LogP contribution in [-0.4, -0.2) is 12.0 Å². The van der Waals surface area contributed by atoms with Crippen molar-refractivity contribution in [2.45, 2.75) is 11.9 Å². The van der Waals surface area contributed by atoms with Crippen molar-refractivity contribution < 1.29 is 0 Å². The van der Waals surface area contributed by atoms with E-state index >= 15 is 0 Å². The van der Waals surface area contributed by atoms with Gasteiger partial charge in [0, 0.05) is 28.5 Å². The molecular weight excluding hydrogens is 320 g/mol. The molecule has 2 rings (SSSR count). The third kappa shape index (κ3) is 3.21. The zero-order valence-corrected chi connectivity index (χ0v) is 12.5. The van der Waals surface area contributed by atoms with E-state index in [-0.39, 0.29) is 0 Å². The highest BCUT2D eigenvalue weighted by atomic mass is 79.9. The van der Waals surface area contributed by atoms with Gasteiger partial charge in [-0.15, -0.1) is 11.3 Å². The standard InChI is InChI=1S/C12H12BrClN2S/c1-16(6-11-7-17-8-15-11)12-4-10(14)3-2-9(12)5-13/h2-4,7-8H,5-6H2,1H3. The zero-order valence-electron chi connectivity index (χ0n) is 9.36. The minimum Gasteiger partial charge on any atom is -0.368 e. The van der Waals surface area contributed by atoms with Gasteiger partial charge in [-0.3, -0.25) is 0 Å². The van der Waals surface area contributed by atoms with Crippen LogP contribution in [0.2, 0.25) is 5.02 Å². The fraction of sp³-hybridized carbons (Fsp3) is 0.250. The molecule has 0 radical (unpaired) electrons. The van der Waals surface area contributed by atoms with Crippen LogP contribution in [0, 0.1) is 0 Å². The summed E-state index contributed by atoms with van der Waals surface area (Å²) >= 11 is 11.2. The Morgan fingerprint density at radius 1 is 1.47 bits per heavy atom. The van der Waals surface area contributed by atoms with Gasteiger partial charge >= 0.3 is 0 Å². The van der Waals surface area contributed by atoms with Crippen LogP contribution in [0.5, 0.6) is 0 Å². The quantitative estimate of drug-likeness (QED) is 0.775. The largest absolute Gasteiger partial charge is 0.368 e. The SMILES string of the molecule is CN(Cc1cscn1)c1cc(Cl)ccc1CBr. The van der Waals surface area contributed by atoms with E-state index in [9.17, 15) is 0 Å². The highest BCUT2D eigenvalue weighted by Crippen LogP contribution is 2.27. The van der Waals surface area contributed by atoms with Crippen molar-refractivity contribution in [1.29, 1.82) is 0 Å². The van der Waals surface area contributed by atoms with Crippen LogP contribution in [0.4, 0.5) is 5.69 Å². The van der Waals surface area contributed by atoms with Crippen LogP contribution in [-0.2, 0) is 11.9 Å². The topological polar surface area (TPSA) is 16.1 Å². The number of rotatable bonds is 4. The molecule has 0 saturated carbocycles. The van der Waals surface area contributed by atoms with E-state index in [1.54, 1.807) is 11.3 Å². The molecule has 2 aromatic rings. The van der Waals surface area contributed by atoms with Crippen molar-refractivity contribution in [3.63, 3.8) is 0 Å². The first-order valence-corrected chi connectivity index (χ1v) is 7.57. The van der Waals surface area contributed by atoms with Gasteiger partial charge in [-0.05, 0) is 17.7 Å². The van der Waals surface area contributed by atoms with E-state index in [2.05, 4.69) is 38.2 Å². The number of halogens is 2. The molecule has 0 amide bonds. The number of aromatic nitrogens is 1. The fourth-order valence-electron chi connectivity index (χ4n) is 1.65. The first kappa shape index (κ1) is 12.9. The number of anilines is 1. The molecule has 0 unspecified atom stereocenters. The van der Waals surface area contributed by atoms with Crippen LogP contribution < -0.4 is 4.90 Å². The van der Waals surface area contributed by atoms with E-state index in [0.717, 1.165) is 28.3 Å². The Labute approximate surface area is 118 Å². The molecule has 0 atom stereocenters. The number of nitrogens with zero attached hydrogens (tertiary/aromatic N) is 2. The molecule has 0 saturated heterocycles. The minimum atomic E-state index is 0.759. The van der Waals surface area contributed by atoms with E-state index in [1.165, 1.54) is 5.56 Å². The number of hydrogen-bond acceptors (Lipinski definition) is 3. The summed E-state index contributed by atoms with van der Waals surface area (Å²) < 4.78 is 0. The van der Waals surface area contributed by atoms with Gasteiger partial charge in [-0.1, -0.05) is 33.6 Å². The molecule has 0 bridgehead atoms. The van der Waals surface area contributed by atoms with Crippen molar-refractivity contribution in [3.05, 3.63) is 45.4 Å². The van der Waals surface area contributed by atoms with Crippen molar-refractivity contribution in [2.24, 2.45) is 0 Å². The monoisotopic (exact) mass is 330 g/mol. The van der Waals surface area contributed by atoms with Crippen LogP contribution in [0.25, 0.3) is 0 Å². The third-order valence-corrected chi connectivity index (χ3v) is 3.96. The van der Waals surface area contributed by atoms with Crippen LogP contribution in [0.1, 0.15) is 11.3 Å². The van der Waals surface area contributed by atoms with Gasteiger partial charge in [0.2, 0.25) is 0 Å². The lowest BCUT2D eigenvalue weighted by Gasteiger charge is -2.21. The highest BCUT2D eigenvalue weighted by Gasteiger charge is 2.09. The summed E-state index contributed by atoms with van der Waals surface area (Å²) in [7, 11) is 2.05. The van der Waals surface area contributed by atoms with Gasteiger partial charge in [0.15, 0.2) is 0 Å².